The summed E-state index contributed by atoms with van der Waals surface area (Å²) in [5, 5.41) is 12.2. The molecule has 0 fully saturated rings. The van der Waals surface area contributed by atoms with Crippen molar-refractivity contribution < 1.29 is 23.1 Å². The van der Waals surface area contributed by atoms with Crippen molar-refractivity contribution in [3.8, 4) is 11.4 Å². The molecule has 1 aromatic heterocycles. The van der Waals surface area contributed by atoms with Crippen LogP contribution in [0.15, 0.2) is 53.3 Å². The summed E-state index contributed by atoms with van der Waals surface area (Å²) in [5.74, 6) is -0.375. The Bertz CT molecular complexity index is 1220. The number of nitrogens with zero attached hydrogens (tertiary/aromatic N) is 2. The topological polar surface area (TPSA) is 84.2 Å². The van der Waals surface area contributed by atoms with E-state index in [1.807, 2.05) is 38.1 Å². The molecule has 0 spiro atoms. The highest BCUT2D eigenvalue weighted by atomic mass is 19.4. The first-order valence-electron chi connectivity index (χ1n) is 10.8. The van der Waals surface area contributed by atoms with Crippen LogP contribution in [0.3, 0.4) is 0 Å². The van der Waals surface area contributed by atoms with E-state index in [9.17, 15) is 27.9 Å². The van der Waals surface area contributed by atoms with Gasteiger partial charge in [-0.25, -0.2) is 4.98 Å². The molecule has 1 atom stereocenters. The van der Waals surface area contributed by atoms with Crippen LogP contribution in [0.5, 0.6) is 0 Å². The SMILES string of the molecule is Cc1ccc(C(C)NC(=O)Cn2c(-c3ccc(C(F)(F)F)cc3)nc(C)c(CCO)c2=O)cc1. The van der Waals surface area contributed by atoms with Crippen molar-refractivity contribution in [2.75, 3.05) is 6.61 Å². The summed E-state index contributed by atoms with van der Waals surface area (Å²) in [7, 11) is 0. The zero-order valence-corrected chi connectivity index (χ0v) is 19.1. The monoisotopic (exact) mass is 473 g/mol. The van der Waals surface area contributed by atoms with Gasteiger partial charge in [-0.15, -0.1) is 0 Å². The third-order valence-corrected chi connectivity index (χ3v) is 5.56. The van der Waals surface area contributed by atoms with Gasteiger partial charge < -0.3 is 10.4 Å². The molecule has 0 radical (unpaired) electrons. The first kappa shape index (κ1) is 25.2. The van der Waals surface area contributed by atoms with E-state index >= 15 is 0 Å². The second kappa shape index (κ2) is 10.2. The van der Waals surface area contributed by atoms with Crippen LogP contribution in [-0.4, -0.2) is 27.2 Å². The molecule has 0 aliphatic carbocycles. The Morgan fingerprint density at radius 1 is 1.09 bits per heavy atom. The van der Waals surface area contributed by atoms with E-state index < -0.39 is 23.2 Å². The third-order valence-electron chi connectivity index (χ3n) is 5.56. The van der Waals surface area contributed by atoms with E-state index in [1.165, 1.54) is 12.1 Å². The smallest absolute Gasteiger partial charge is 0.396 e. The Morgan fingerprint density at radius 2 is 1.71 bits per heavy atom. The van der Waals surface area contributed by atoms with Crippen molar-refractivity contribution in [2.45, 2.75) is 46.0 Å². The lowest BCUT2D eigenvalue weighted by Crippen LogP contribution is -2.36. The van der Waals surface area contributed by atoms with Crippen LogP contribution in [0.1, 0.15) is 40.9 Å². The van der Waals surface area contributed by atoms with E-state index in [0.29, 0.717) is 5.69 Å². The number of rotatable bonds is 7. The number of carbonyl (C=O) groups excluding carboxylic acids is 1. The second-order valence-electron chi connectivity index (χ2n) is 8.14. The molecule has 2 aromatic carbocycles. The van der Waals surface area contributed by atoms with Gasteiger partial charge in [-0.3, -0.25) is 14.2 Å². The van der Waals surface area contributed by atoms with E-state index in [0.717, 1.165) is 27.8 Å². The highest BCUT2D eigenvalue weighted by Crippen LogP contribution is 2.30. The quantitative estimate of drug-likeness (QED) is 0.544. The van der Waals surface area contributed by atoms with Crippen LogP contribution in [0.4, 0.5) is 13.2 Å². The summed E-state index contributed by atoms with van der Waals surface area (Å²) in [6.07, 6.45) is -4.45. The molecule has 1 heterocycles. The highest BCUT2D eigenvalue weighted by molar-refractivity contribution is 5.77. The van der Waals surface area contributed by atoms with Gasteiger partial charge in [0.1, 0.15) is 12.4 Å². The summed E-state index contributed by atoms with van der Waals surface area (Å²) in [6, 6.07) is 11.6. The Labute approximate surface area is 195 Å². The molecule has 0 aliphatic heterocycles. The van der Waals surface area contributed by atoms with Gasteiger partial charge in [-0.2, -0.15) is 13.2 Å². The van der Waals surface area contributed by atoms with Gasteiger partial charge in [0.05, 0.1) is 11.6 Å². The van der Waals surface area contributed by atoms with E-state index in [4.69, 9.17) is 0 Å². The predicted molar refractivity (Wildman–Crippen MR) is 122 cm³/mol. The van der Waals surface area contributed by atoms with Crippen molar-refractivity contribution in [1.82, 2.24) is 14.9 Å². The molecule has 0 saturated heterocycles. The molecule has 0 saturated carbocycles. The van der Waals surface area contributed by atoms with Gasteiger partial charge in [0.25, 0.3) is 5.56 Å². The van der Waals surface area contributed by atoms with Crippen molar-refractivity contribution in [3.05, 3.63) is 86.8 Å². The number of aromatic nitrogens is 2. The Kier molecular flexibility index (Phi) is 7.56. The van der Waals surface area contributed by atoms with Gasteiger partial charge in [0, 0.05) is 29.8 Å². The number of carbonyl (C=O) groups is 1. The Morgan fingerprint density at radius 3 is 2.26 bits per heavy atom. The summed E-state index contributed by atoms with van der Waals surface area (Å²) in [5.41, 5.74) is 1.48. The fraction of sp³-hybridized carbons (Fsp3) is 0.320. The number of hydrogen-bond acceptors (Lipinski definition) is 4. The lowest BCUT2D eigenvalue weighted by molar-refractivity contribution is -0.137. The van der Waals surface area contributed by atoms with Crippen molar-refractivity contribution in [2.24, 2.45) is 0 Å². The molecule has 0 bridgehead atoms. The number of hydrogen-bond donors (Lipinski definition) is 2. The first-order chi connectivity index (χ1) is 16.0. The molecule has 2 N–H and O–H groups in total. The minimum atomic E-state index is -4.50. The molecule has 1 amide bonds. The lowest BCUT2D eigenvalue weighted by atomic mass is 10.1. The number of alkyl halides is 3. The van der Waals surface area contributed by atoms with Gasteiger partial charge in [0.15, 0.2) is 0 Å². The van der Waals surface area contributed by atoms with E-state index in [2.05, 4.69) is 10.3 Å². The molecule has 3 rings (SSSR count). The fourth-order valence-electron chi connectivity index (χ4n) is 3.64. The lowest BCUT2D eigenvalue weighted by Gasteiger charge is -2.18. The Balaban J connectivity index is 1.97. The van der Waals surface area contributed by atoms with Crippen LogP contribution in [0.2, 0.25) is 0 Å². The van der Waals surface area contributed by atoms with E-state index in [1.54, 1.807) is 6.92 Å². The molecule has 180 valence electrons. The number of amides is 1. The zero-order chi connectivity index (χ0) is 25.0. The maximum atomic E-state index is 13.2. The number of halogens is 3. The number of benzene rings is 2. The largest absolute Gasteiger partial charge is 0.416 e. The van der Waals surface area contributed by atoms with Crippen molar-refractivity contribution in [1.29, 1.82) is 0 Å². The fourth-order valence-corrected chi connectivity index (χ4v) is 3.64. The molecule has 0 aliphatic rings. The van der Waals surface area contributed by atoms with Gasteiger partial charge >= 0.3 is 6.18 Å². The van der Waals surface area contributed by atoms with Crippen LogP contribution in [0.25, 0.3) is 11.4 Å². The summed E-state index contributed by atoms with van der Waals surface area (Å²) in [6.45, 7) is 4.69. The highest BCUT2D eigenvalue weighted by Gasteiger charge is 2.30. The zero-order valence-electron chi connectivity index (χ0n) is 19.1. The standard InChI is InChI=1S/C25H26F3N3O3/c1-15-4-6-18(7-5-15)16(2)29-22(33)14-31-23(30-17(3)21(12-13-32)24(31)34)19-8-10-20(11-9-19)25(26,27)28/h4-11,16,32H,12-14H2,1-3H3,(H,29,33). The number of nitrogens with one attached hydrogen (secondary N) is 1. The van der Waals surface area contributed by atoms with Crippen LogP contribution < -0.4 is 10.9 Å². The minimum absolute atomic E-state index is 0.0480. The van der Waals surface area contributed by atoms with Crippen LogP contribution in [0, 0.1) is 13.8 Å². The van der Waals surface area contributed by atoms with Crippen molar-refractivity contribution >= 4 is 5.91 Å². The maximum Gasteiger partial charge on any atom is 0.416 e. The summed E-state index contributed by atoms with van der Waals surface area (Å²) >= 11 is 0. The molecule has 9 heteroatoms. The maximum absolute atomic E-state index is 13.2. The first-order valence-corrected chi connectivity index (χ1v) is 10.8. The van der Waals surface area contributed by atoms with Crippen molar-refractivity contribution in [3.63, 3.8) is 0 Å². The summed E-state index contributed by atoms with van der Waals surface area (Å²) < 4.78 is 40.1. The second-order valence-corrected chi connectivity index (χ2v) is 8.14. The van der Waals surface area contributed by atoms with Crippen LogP contribution in [-0.2, 0) is 23.9 Å². The number of aliphatic hydroxyl groups excluding tert-OH is 1. The van der Waals surface area contributed by atoms with Gasteiger partial charge in [0.2, 0.25) is 5.91 Å². The average molecular weight is 473 g/mol. The molecule has 3 aromatic rings. The third kappa shape index (κ3) is 5.72. The van der Waals surface area contributed by atoms with Crippen LogP contribution >= 0.6 is 0 Å². The number of aryl methyl sites for hydroxylation is 2. The molecule has 6 nitrogen and oxygen atoms in total. The summed E-state index contributed by atoms with van der Waals surface area (Å²) in [4.78, 5) is 30.4. The van der Waals surface area contributed by atoms with Gasteiger partial charge in [-0.05, 0) is 38.5 Å². The predicted octanol–water partition coefficient (Wildman–Crippen LogP) is 3.96. The number of aliphatic hydroxyl groups is 1. The normalized spacial score (nSPS) is 12.4. The molecule has 1 unspecified atom stereocenters. The molecule has 34 heavy (non-hydrogen) atoms. The molecular formula is C25H26F3N3O3. The van der Waals surface area contributed by atoms with Gasteiger partial charge in [-0.1, -0.05) is 42.0 Å². The van der Waals surface area contributed by atoms with E-state index in [-0.39, 0.29) is 42.6 Å². The minimum Gasteiger partial charge on any atom is -0.396 e. The Hall–Kier alpha value is -3.46. The molecular weight excluding hydrogens is 447 g/mol. The average Bonchev–Trinajstić information content (AvgIpc) is 2.78.